The van der Waals surface area contributed by atoms with E-state index in [1.807, 2.05) is 18.2 Å². The molecule has 0 aliphatic carbocycles. The predicted octanol–water partition coefficient (Wildman–Crippen LogP) is 2.98. The van der Waals surface area contributed by atoms with Crippen LogP contribution in [0.25, 0.3) is 11.3 Å². The van der Waals surface area contributed by atoms with Crippen molar-refractivity contribution in [3.63, 3.8) is 0 Å². The Morgan fingerprint density at radius 2 is 2.16 bits per heavy atom. The Morgan fingerprint density at radius 3 is 2.91 bits per heavy atom. The number of pyridine rings is 1. The number of methoxy groups -OCH3 is 1. The Bertz CT molecular complexity index is 1220. The summed E-state index contributed by atoms with van der Waals surface area (Å²) in [4.78, 5) is 24.6. The molecule has 162 valence electrons. The summed E-state index contributed by atoms with van der Waals surface area (Å²) in [6.45, 7) is 4.65. The third kappa shape index (κ3) is 4.03. The summed E-state index contributed by atoms with van der Waals surface area (Å²) in [5.74, 6) is 0.728. The van der Waals surface area contributed by atoms with Crippen LogP contribution >= 0.6 is 0 Å². The number of hydrogen-bond acceptors (Lipinski definition) is 8. The number of rotatable bonds is 6. The van der Waals surface area contributed by atoms with Crippen LogP contribution in [0.2, 0.25) is 0 Å². The molecule has 0 bridgehead atoms. The maximum atomic E-state index is 11.5. The highest BCUT2D eigenvalue weighted by molar-refractivity contribution is 5.77. The fraction of sp³-hybridized carbons (Fsp3) is 0.261. The van der Waals surface area contributed by atoms with Crippen molar-refractivity contribution in [1.29, 1.82) is 5.26 Å². The van der Waals surface area contributed by atoms with Crippen LogP contribution in [-0.4, -0.2) is 41.1 Å². The SMILES string of the molecule is COc1ncccc1Nc1nccc(-c2cc(C#N)c3c(c2)C(C)(CNC(C)=O)CN3)n1. The number of nitrogens with zero attached hydrogens (tertiary/aromatic N) is 4. The van der Waals surface area contributed by atoms with Crippen molar-refractivity contribution in [1.82, 2.24) is 20.3 Å². The van der Waals surface area contributed by atoms with Crippen LogP contribution < -0.4 is 20.7 Å². The number of fused-ring (bicyclic) bond motifs is 1. The zero-order valence-corrected chi connectivity index (χ0v) is 18.1. The highest BCUT2D eigenvalue weighted by Crippen LogP contribution is 2.41. The minimum Gasteiger partial charge on any atom is -0.480 e. The Balaban J connectivity index is 1.71. The first kappa shape index (κ1) is 21.1. The van der Waals surface area contributed by atoms with E-state index in [1.165, 1.54) is 6.92 Å². The molecule has 1 aliphatic rings. The zero-order chi connectivity index (χ0) is 22.7. The average molecular weight is 429 g/mol. The molecular weight excluding hydrogens is 406 g/mol. The van der Waals surface area contributed by atoms with Gasteiger partial charge in [0, 0.05) is 43.4 Å². The van der Waals surface area contributed by atoms with E-state index in [9.17, 15) is 10.1 Å². The van der Waals surface area contributed by atoms with Gasteiger partial charge in [0.1, 0.15) is 11.8 Å². The summed E-state index contributed by atoms with van der Waals surface area (Å²) < 4.78 is 5.27. The lowest BCUT2D eigenvalue weighted by molar-refractivity contribution is -0.119. The van der Waals surface area contributed by atoms with Gasteiger partial charge in [-0.05, 0) is 35.9 Å². The number of hydrogen-bond donors (Lipinski definition) is 3. The number of aromatic nitrogens is 3. The van der Waals surface area contributed by atoms with Crippen molar-refractivity contribution in [3.05, 3.63) is 53.9 Å². The minimum atomic E-state index is -0.347. The molecule has 3 aromatic rings. The molecule has 4 rings (SSSR count). The molecule has 0 saturated heterocycles. The first-order chi connectivity index (χ1) is 15.4. The minimum absolute atomic E-state index is 0.0892. The van der Waals surface area contributed by atoms with Crippen molar-refractivity contribution < 1.29 is 9.53 Å². The fourth-order valence-corrected chi connectivity index (χ4v) is 3.75. The second-order valence-corrected chi connectivity index (χ2v) is 7.83. The van der Waals surface area contributed by atoms with E-state index >= 15 is 0 Å². The number of ether oxygens (including phenoxy) is 1. The van der Waals surface area contributed by atoms with Gasteiger partial charge in [-0.2, -0.15) is 5.26 Å². The predicted molar refractivity (Wildman–Crippen MR) is 121 cm³/mol. The van der Waals surface area contributed by atoms with E-state index in [4.69, 9.17) is 4.74 Å². The number of carbonyl (C=O) groups excluding carboxylic acids is 1. The third-order valence-electron chi connectivity index (χ3n) is 5.45. The quantitative estimate of drug-likeness (QED) is 0.546. The van der Waals surface area contributed by atoms with E-state index in [2.05, 4.69) is 43.9 Å². The van der Waals surface area contributed by atoms with Crippen LogP contribution in [-0.2, 0) is 10.2 Å². The Hall–Kier alpha value is -4.19. The fourth-order valence-electron chi connectivity index (χ4n) is 3.75. The molecule has 3 heterocycles. The summed E-state index contributed by atoms with van der Waals surface area (Å²) in [5.41, 5.74) is 4.07. The van der Waals surface area contributed by atoms with Crippen molar-refractivity contribution in [3.8, 4) is 23.2 Å². The molecule has 0 fully saturated rings. The second kappa shape index (κ2) is 8.51. The highest BCUT2D eigenvalue weighted by atomic mass is 16.5. The molecule has 32 heavy (non-hydrogen) atoms. The second-order valence-electron chi connectivity index (χ2n) is 7.83. The van der Waals surface area contributed by atoms with E-state index in [0.717, 1.165) is 16.8 Å². The lowest BCUT2D eigenvalue weighted by atomic mass is 9.82. The highest BCUT2D eigenvalue weighted by Gasteiger charge is 2.36. The van der Waals surface area contributed by atoms with Crippen LogP contribution in [0.1, 0.15) is 25.0 Å². The van der Waals surface area contributed by atoms with Crippen molar-refractivity contribution in [2.45, 2.75) is 19.3 Å². The van der Waals surface area contributed by atoms with Crippen molar-refractivity contribution in [2.24, 2.45) is 0 Å². The molecule has 1 atom stereocenters. The molecule has 3 N–H and O–H groups in total. The monoisotopic (exact) mass is 429 g/mol. The number of anilines is 3. The van der Waals surface area contributed by atoms with Crippen LogP contribution in [0, 0.1) is 11.3 Å². The van der Waals surface area contributed by atoms with Gasteiger partial charge in [-0.15, -0.1) is 0 Å². The zero-order valence-electron chi connectivity index (χ0n) is 18.1. The third-order valence-corrected chi connectivity index (χ3v) is 5.45. The summed E-state index contributed by atoms with van der Waals surface area (Å²) in [5, 5.41) is 19.1. The Labute approximate surface area is 185 Å². The van der Waals surface area contributed by atoms with Gasteiger partial charge < -0.3 is 20.7 Å². The van der Waals surface area contributed by atoms with Gasteiger partial charge in [-0.1, -0.05) is 6.92 Å². The van der Waals surface area contributed by atoms with Gasteiger partial charge in [0.05, 0.1) is 24.1 Å². The van der Waals surface area contributed by atoms with E-state index in [-0.39, 0.29) is 11.3 Å². The van der Waals surface area contributed by atoms with Gasteiger partial charge in [0.15, 0.2) is 0 Å². The number of carbonyl (C=O) groups is 1. The molecule has 2 aromatic heterocycles. The van der Waals surface area contributed by atoms with Crippen LogP contribution in [0.5, 0.6) is 5.88 Å². The van der Waals surface area contributed by atoms with Crippen LogP contribution in [0.3, 0.4) is 0 Å². The molecule has 1 unspecified atom stereocenters. The average Bonchev–Trinajstić information content (AvgIpc) is 3.15. The smallest absolute Gasteiger partial charge is 0.237 e. The Morgan fingerprint density at radius 1 is 1.31 bits per heavy atom. The maximum Gasteiger partial charge on any atom is 0.237 e. The first-order valence-corrected chi connectivity index (χ1v) is 10.1. The normalized spacial score (nSPS) is 16.4. The summed E-state index contributed by atoms with van der Waals surface area (Å²) in [7, 11) is 1.55. The van der Waals surface area contributed by atoms with Crippen LogP contribution in [0.15, 0.2) is 42.7 Å². The van der Waals surface area contributed by atoms with Crippen molar-refractivity contribution in [2.75, 3.05) is 30.8 Å². The van der Waals surface area contributed by atoms with Gasteiger partial charge in [-0.25, -0.2) is 15.0 Å². The molecule has 1 amide bonds. The van der Waals surface area contributed by atoms with Gasteiger partial charge in [0.2, 0.25) is 17.7 Å². The first-order valence-electron chi connectivity index (χ1n) is 10.1. The number of benzene rings is 1. The van der Waals surface area contributed by atoms with Crippen molar-refractivity contribution >= 4 is 23.2 Å². The Kier molecular flexibility index (Phi) is 5.60. The summed E-state index contributed by atoms with van der Waals surface area (Å²) in [6.07, 6.45) is 3.29. The number of nitrogens with one attached hydrogen (secondary N) is 3. The lowest BCUT2D eigenvalue weighted by Gasteiger charge is -2.24. The molecule has 9 nitrogen and oxygen atoms in total. The molecule has 1 aromatic carbocycles. The molecular formula is C23H23N7O2. The van der Waals surface area contributed by atoms with E-state index in [1.54, 1.807) is 31.6 Å². The topological polar surface area (TPSA) is 125 Å². The largest absolute Gasteiger partial charge is 0.480 e. The summed E-state index contributed by atoms with van der Waals surface area (Å²) >= 11 is 0. The molecule has 0 spiro atoms. The van der Waals surface area contributed by atoms with E-state index in [0.29, 0.717) is 41.9 Å². The molecule has 0 radical (unpaired) electrons. The molecule has 1 aliphatic heterocycles. The van der Waals surface area contributed by atoms with Gasteiger partial charge >= 0.3 is 0 Å². The number of nitriles is 1. The lowest BCUT2D eigenvalue weighted by Crippen LogP contribution is -2.39. The van der Waals surface area contributed by atoms with Crippen LogP contribution in [0.4, 0.5) is 17.3 Å². The van der Waals surface area contributed by atoms with Gasteiger partial charge in [0.25, 0.3) is 0 Å². The van der Waals surface area contributed by atoms with Gasteiger partial charge in [-0.3, -0.25) is 4.79 Å². The maximum absolute atomic E-state index is 11.5. The molecule has 9 heteroatoms. The molecule has 0 saturated carbocycles. The van der Waals surface area contributed by atoms with E-state index < -0.39 is 0 Å². The number of amides is 1. The summed E-state index contributed by atoms with van der Waals surface area (Å²) in [6, 6.07) is 11.5. The standard InChI is InChI=1S/C23H23N7O2/c1-14(31)27-12-23(2)13-28-20-16(11-24)9-15(10-17(20)23)18-6-8-26-22(29-18)30-19-5-4-7-25-21(19)32-3/h4-10,28H,12-13H2,1-3H3,(H,27,31)(H,26,29,30).